The van der Waals surface area contributed by atoms with Crippen molar-refractivity contribution in [3.63, 3.8) is 0 Å². The Morgan fingerprint density at radius 3 is 2.29 bits per heavy atom. The van der Waals surface area contributed by atoms with E-state index in [0.29, 0.717) is 5.02 Å². The van der Waals surface area contributed by atoms with Crippen LogP contribution in [0.1, 0.15) is 19.4 Å². The van der Waals surface area contributed by atoms with Crippen LogP contribution in [0.4, 0.5) is 0 Å². The minimum Gasteiger partial charge on any atom is -0.337 e. The molecule has 0 radical (unpaired) electrons. The molecule has 0 aromatic heterocycles. The van der Waals surface area contributed by atoms with Crippen molar-refractivity contribution in [2.24, 2.45) is 5.41 Å². The maximum absolute atomic E-state index is 11.9. The Kier molecular flexibility index (Phi) is 2.83. The van der Waals surface area contributed by atoms with E-state index < -0.39 is 11.4 Å². The average Bonchev–Trinajstić information content (AvgIpc) is 2.46. The van der Waals surface area contributed by atoms with Gasteiger partial charge in [0.1, 0.15) is 5.41 Å². The maximum Gasteiger partial charge on any atom is 0.347 e. The molecular formula is C12H12ClNO3. The first-order valence-electron chi connectivity index (χ1n) is 5.20. The molecule has 17 heavy (non-hydrogen) atoms. The molecule has 90 valence electrons. The highest BCUT2D eigenvalue weighted by Gasteiger charge is 2.49. The number of carbonyl (C=O) groups is 2. The van der Waals surface area contributed by atoms with Crippen LogP contribution in [0.3, 0.4) is 0 Å². The molecule has 0 aliphatic carbocycles. The number of rotatable bonds is 2. The van der Waals surface area contributed by atoms with Crippen molar-refractivity contribution in [1.29, 1.82) is 0 Å². The highest BCUT2D eigenvalue weighted by atomic mass is 35.5. The Morgan fingerprint density at radius 1 is 1.24 bits per heavy atom. The number of carbonyl (C=O) groups excluding carboxylic acids is 2. The van der Waals surface area contributed by atoms with Crippen molar-refractivity contribution in [3.8, 4) is 0 Å². The SMILES string of the molecule is CC1(C)C(=O)ON(Cc2ccc(Cl)cc2)C1=O. The van der Waals surface area contributed by atoms with Gasteiger partial charge in [-0.3, -0.25) is 4.79 Å². The third-order valence-corrected chi connectivity index (χ3v) is 2.96. The standard InChI is InChI=1S/C12H12ClNO3/c1-12(2)10(15)14(17-11(12)16)7-8-3-5-9(13)6-4-8/h3-6H,7H2,1-2H3. The second-order valence-corrected chi connectivity index (χ2v) is 4.91. The van der Waals surface area contributed by atoms with E-state index in [0.717, 1.165) is 10.6 Å². The van der Waals surface area contributed by atoms with Crippen molar-refractivity contribution < 1.29 is 14.4 Å². The zero-order chi connectivity index (χ0) is 12.6. The van der Waals surface area contributed by atoms with E-state index in [1.54, 1.807) is 38.1 Å². The quantitative estimate of drug-likeness (QED) is 0.759. The molecule has 0 unspecified atom stereocenters. The molecule has 1 aliphatic rings. The van der Waals surface area contributed by atoms with Crippen LogP contribution >= 0.6 is 11.6 Å². The van der Waals surface area contributed by atoms with Crippen LogP contribution in [0.15, 0.2) is 24.3 Å². The van der Waals surface area contributed by atoms with Crippen LogP contribution in [-0.2, 0) is 21.0 Å². The minimum absolute atomic E-state index is 0.241. The van der Waals surface area contributed by atoms with Gasteiger partial charge >= 0.3 is 5.97 Å². The zero-order valence-electron chi connectivity index (χ0n) is 9.57. The second-order valence-electron chi connectivity index (χ2n) is 4.47. The number of hydrogen-bond acceptors (Lipinski definition) is 3. The molecule has 0 spiro atoms. The number of nitrogens with zero attached hydrogens (tertiary/aromatic N) is 1. The molecule has 0 saturated carbocycles. The Bertz CT molecular complexity index is 467. The number of hydrogen-bond donors (Lipinski definition) is 0. The molecule has 1 aromatic rings. The number of hydroxylamine groups is 2. The molecular weight excluding hydrogens is 242 g/mol. The molecule has 0 bridgehead atoms. The average molecular weight is 254 g/mol. The summed E-state index contributed by atoms with van der Waals surface area (Å²) in [4.78, 5) is 28.3. The van der Waals surface area contributed by atoms with Gasteiger partial charge < -0.3 is 4.84 Å². The first-order chi connectivity index (χ1) is 7.91. The van der Waals surface area contributed by atoms with Gasteiger partial charge in [-0.05, 0) is 31.5 Å². The minimum atomic E-state index is -1.09. The largest absolute Gasteiger partial charge is 0.347 e. The van der Waals surface area contributed by atoms with Crippen molar-refractivity contribution in [1.82, 2.24) is 5.06 Å². The molecule has 0 N–H and O–H groups in total. The number of amides is 1. The summed E-state index contributed by atoms with van der Waals surface area (Å²) < 4.78 is 0. The second kappa shape index (κ2) is 4.04. The van der Waals surface area contributed by atoms with E-state index in [9.17, 15) is 9.59 Å². The van der Waals surface area contributed by atoms with E-state index in [-0.39, 0.29) is 12.5 Å². The lowest BCUT2D eigenvalue weighted by atomic mass is 9.94. The molecule has 1 amide bonds. The fraction of sp³-hybridized carbons (Fsp3) is 0.333. The molecule has 0 atom stereocenters. The third kappa shape index (κ3) is 2.13. The molecule has 5 heteroatoms. The smallest absolute Gasteiger partial charge is 0.337 e. The highest BCUT2D eigenvalue weighted by Crippen LogP contribution is 2.29. The Hall–Kier alpha value is -1.55. The summed E-state index contributed by atoms with van der Waals surface area (Å²) in [6, 6.07) is 7.03. The molecule has 1 saturated heterocycles. The lowest BCUT2D eigenvalue weighted by Gasteiger charge is -2.14. The Balaban J connectivity index is 2.14. The molecule has 1 aromatic carbocycles. The summed E-state index contributed by atoms with van der Waals surface area (Å²) in [6.45, 7) is 3.35. The molecule has 1 heterocycles. The van der Waals surface area contributed by atoms with Gasteiger partial charge in [0, 0.05) is 5.02 Å². The topological polar surface area (TPSA) is 46.6 Å². The van der Waals surface area contributed by atoms with Crippen LogP contribution in [0.2, 0.25) is 5.02 Å². The van der Waals surface area contributed by atoms with Gasteiger partial charge in [-0.25, -0.2) is 4.79 Å². The molecule has 1 aliphatic heterocycles. The monoisotopic (exact) mass is 253 g/mol. The number of halogens is 1. The van der Waals surface area contributed by atoms with Crippen LogP contribution in [0, 0.1) is 5.41 Å². The summed E-state index contributed by atoms with van der Waals surface area (Å²) in [7, 11) is 0. The summed E-state index contributed by atoms with van der Waals surface area (Å²) in [5.74, 6) is -0.839. The predicted octanol–water partition coefficient (Wildman–Crippen LogP) is 2.17. The fourth-order valence-corrected chi connectivity index (χ4v) is 1.64. The van der Waals surface area contributed by atoms with Crippen molar-refractivity contribution >= 4 is 23.5 Å². The van der Waals surface area contributed by atoms with E-state index in [4.69, 9.17) is 16.4 Å². The van der Waals surface area contributed by atoms with Crippen LogP contribution in [-0.4, -0.2) is 16.9 Å². The van der Waals surface area contributed by atoms with E-state index in [1.807, 2.05) is 0 Å². The normalized spacial score (nSPS) is 18.4. The first-order valence-corrected chi connectivity index (χ1v) is 5.58. The van der Waals surface area contributed by atoms with Gasteiger partial charge in [-0.15, -0.1) is 0 Å². The zero-order valence-corrected chi connectivity index (χ0v) is 10.3. The highest BCUT2D eigenvalue weighted by molar-refractivity contribution is 6.30. The van der Waals surface area contributed by atoms with Gasteiger partial charge in [-0.2, -0.15) is 5.06 Å². The molecule has 4 nitrogen and oxygen atoms in total. The predicted molar refractivity (Wildman–Crippen MR) is 61.9 cm³/mol. The van der Waals surface area contributed by atoms with Crippen molar-refractivity contribution in [2.75, 3.05) is 0 Å². The van der Waals surface area contributed by atoms with Crippen LogP contribution in [0.5, 0.6) is 0 Å². The van der Waals surface area contributed by atoms with Gasteiger partial charge in [0.15, 0.2) is 0 Å². The van der Waals surface area contributed by atoms with Gasteiger partial charge in [0.05, 0.1) is 6.54 Å². The van der Waals surface area contributed by atoms with Crippen molar-refractivity contribution in [2.45, 2.75) is 20.4 Å². The molecule has 2 rings (SSSR count). The fourth-order valence-electron chi connectivity index (χ4n) is 1.51. The van der Waals surface area contributed by atoms with Gasteiger partial charge in [0.2, 0.25) is 0 Å². The third-order valence-electron chi connectivity index (χ3n) is 2.70. The Labute approximate surface area is 104 Å². The van der Waals surface area contributed by atoms with Crippen LogP contribution < -0.4 is 0 Å². The summed E-state index contributed by atoms with van der Waals surface area (Å²) in [6.07, 6.45) is 0. The van der Waals surface area contributed by atoms with E-state index in [1.165, 1.54) is 0 Å². The van der Waals surface area contributed by atoms with Gasteiger partial charge in [-0.1, -0.05) is 23.7 Å². The maximum atomic E-state index is 11.9. The summed E-state index contributed by atoms with van der Waals surface area (Å²) in [5.41, 5.74) is -0.236. The molecule has 1 fully saturated rings. The number of benzene rings is 1. The van der Waals surface area contributed by atoms with E-state index >= 15 is 0 Å². The lowest BCUT2D eigenvalue weighted by Crippen LogP contribution is -2.31. The lowest BCUT2D eigenvalue weighted by molar-refractivity contribution is -0.180. The summed E-state index contributed by atoms with van der Waals surface area (Å²) >= 11 is 5.76. The first kappa shape index (κ1) is 11.9. The van der Waals surface area contributed by atoms with Gasteiger partial charge in [0.25, 0.3) is 5.91 Å². The Morgan fingerprint density at radius 2 is 1.82 bits per heavy atom. The summed E-state index contributed by atoms with van der Waals surface area (Å²) in [5, 5.41) is 1.71. The van der Waals surface area contributed by atoms with Crippen LogP contribution in [0.25, 0.3) is 0 Å². The van der Waals surface area contributed by atoms with Crippen molar-refractivity contribution in [3.05, 3.63) is 34.9 Å². The van der Waals surface area contributed by atoms with E-state index in [2.05, 4.69) is 0 Å².